The molecular formula is C31H31N5O5. The van der Waals surface area contributed by atoms with Gasteiger partial charge in [0, 0.05) is 36.1 Å². The molecule has 2 N–H and O–H groups in total. The summed E-state index contributed by atoms with van der Waals surface area (Å²) in [5.74, 6) is 1.86. The molecule has 1 aliphatic rings. The molecule has 2 aromatic heterocycles. The van der Waals surface area contributed by atoms with Crippen LogP contribution in [0.2, 0.25) is 0 Å². The fourth-order valence-electron chi connectivity index (χ4n) is 5.32. The highest BCUT2D eigenvalue weighted by molar-refractivity contribution is 5.87. The number of amides is 1. The maximum Gasteiger partial charge on any atom is 0.416 e. The van der Waals surface area contributed by atoms with Crippen molar-refractivity contribution < 1.29 is 24.1 Å². The highest BCUT2D eigenvalue weighted by Gasteiger charge is 2.36. The molecule has 0 radical (unpaired) electrons. The number of carbonyl (C=O) groups is 1. The monoisotopic (exact) mass is 553 g/mol. The minimum absolute atomic E-state index is 0.198. The lowest BCUT2D eigenvalue weighted by atomic mass is 9.92. The molecular weight excluding hydrogens is 522 g/mol. The second kappa shape index (κ2) is 11.2. The van der Waals surface area contributed by atoms with Gasteiger partial charge in [0.2, 0.25) is 0 Å². The van der Waals surface area contributed by atoms with Crippen molar-refractivity contribution in [1.82, 2.24) is 24.6 Å². The van der Waals surface area contributed by atoms with Crippen molar-refractivity contribution in [2.24, 2.45) is 0 Å². The van der Waals surface area contributed by atoms with Crippen LogP contribution >= 0.6 is 0 Å². The molecule has 10 heteroatoms. The Morgan fingerprint density at radius 1 is 1.10 bits per heavy atom. The fourth-order valence-corrected chi connectivity index (χ4v) is 5.32. The van der Waals surface area contributed by atoms with Crippen molar-refractivity contribution in [3.8, 4) is 23.0 Å². The number of ether oxygens (including phenoxy) is 3. The fraction of sp³-hybridized carbons (Fsp3) is 0.258. The molecule has 0 bridgehead atoms. The Morgan fingerprint density at radius 2 is 1.95 bits per heavy atom. The Morgan fingerprint density at radius 3 is 2.73 bits per heavy atom. The maximum absolute atomic E-state index is 13.6. The highest BCUT2D eigenvalue weighted by atomic mass is 16.6. The van der Waals surface area contributed by atoms with Crippen molar-refractivity contribution in [3.05, 3.63) is 95.7 Å². The number of hydrogen-bond acceptors (Lipinski definition) is 7. The Labute approximate surface area is 237 Å². The summed E-state index contributed by atoms with van der Waals surface area (Å²) in [5, 5.41) is 15.2. The van der Waals surface area contributed by atoms with Gasteiger partial charge in [-0.15, -0.1) is 0 Å². The van der Waals surface area contributed by atoms with Crippen molar-refractivity contribution in [1.29, 1.82) is 0 Å². The molecule has 3 heterocycles. The number of nitrogens with zero attached hydrogens (tertiary/aromatic N) is 4. The number of aromatic hydroxyl groups is 1. The third-order valence-corrected chi connectivity index (χ3v) is 7.33. The molecule has 210 valence electrons. The molecule has 0 aliphatic carbocycles. The van der Waals surface area contributed by atoms with E-state index in [1.165, 1.54) is 6.33 Å². The Bertz CT molecular complexity index is 1660. The number of phenols is 1. The first-order valence-corrected chi connectivity index (χ1v) is 13.5. The SMILES string of the molecule is COc1cc(C2c3[nH]c4ccc(O)cc4c3CCN2C(=O)Oc2ccc(C)cc2)ccc1OCCCn1cncn1. The predicted molar refractivity (Wildman–Crippen MR) is 153 cm³/mol. The second-order valence-corrected chi connectivity index (χ2v) is 10.0. The number of aromatic amines is 1. The van der Waals surface area contributed by atoms with Gasteiger partial charge in [-0.2, -0.15) is 5.10 Å². The first kappa shape index (κ1) is 26.2. The van der Waals surface area contributed by atoms with Crippen LogP contribution in [-0.2, 0) is 13.0 Å². The Hall–Kier alpha value is -4.99. The number of aryl methyl sites for hydroxylation is 2. The van der Waals surface area contributed by atoms with Crippen LogP contribution in [0.4, 0.5) is 4.79 Å². The summed E-state index contributed by atoms with van der Waals surface area (Å²) >= 11 is 0. The number of benzene rings is 3. The van der Waals surface area contributed by atoms with Gasteiger partial charge in [-0.05, 0) is 66.9 Å². The summed E-state index contributed by atoms with van der Waals surface area (Å²) in [4.78, 5) is 22.8. The highest BCUT2D eigenvalue weighted by Crippen LogP contribution is 2.42. The Balaban J connectivity index is 1.31. The lowest BCUT2D eigenvalue weighted by Gasteiger charge is -2.35. The van der Waals surface area contributed by atoms with Gasteiger partial charge in [0.25, 0.3) is 0 Å². The van der Waals surface area contributed by atoms with Crippen LogP contribution in [-0.4, -0.2) is 56.1 Å². The number of methoxy groups -OCH3 is 1. The first-order valence-electron chi connectivity index (χ1n) is 13.5. The molecule has 5 aromatic rings. The van der Waals surface area contributed by atoms with Gasteiger partial charge in [-0.3, -0.25) is 9.58 Å². The van der Waals surface area contributed by atoms with Gasteiger partial charge in [0.15, 0.2) is 11.5 Å². The van der Waals surface area contributed by atoms with Crippen molar-refractivity contribution in [2.45, 2.75) is 32.4 Å². The molecule has 1 atom stereocenters. The van der Waals surface area contributed by atoms with Crippen LogP contribution in [0.3, 0.4) is 0 Å². The van der Waals surface area contributed by atoms with Crippen LogP contribution in [0.5, 0.6) is 23.0 Å². The number of aromatic nitrogens is 4. The molecule has 3 aromatic carbocycles. The predicted octanol–water partition coefficient (Wildman–Crippen LogP) is 5.40. The van der Waals surface area contributed by atoms with Crippen LogP contribution in [0.1, 0.15) is 34.8 Å². The molecule has 1 amide bonds. The molecule has 0 saturated heterocycles. The van der Waals surface area contributed by atoms with E-state index in [1.807, 2.05) is 43.3 Å². The third-order valence-electron chi connectivity index (χ3n) is 7.33. The molecule has 0 saturated carbocycles. The van der Waals surface area contributed by atoms with Gasteiger partial charge in [-0.25, -0.2) is 9.78 Å². The van der Waals surface area contributed by atoms with Crippen LogP contribution in [0.15, 0.2) is 73.3 Å². The van der Waals surface area contributed by atoms with Gasteiger partial charge in [0.1, 0.15) is 30.2 Å². The minimum Gasteiger partial charge on any atom is -0.508 e. The van der Waals surface area contributed by atoms with E-state index in [1.54, 1.807) is 47.3 Å². The first-order chi connectivity index (χ1) is 20.0. The van der Waals surface area contributed by atoms with E-state index >= 15 is 0 Å². The summed E-state index contributed by atoms with van der Waals surface area (Å²) in [7, 11) is 1.60. The summed E-state index contributed by atoms with van der Waals surface area (Å²) in [5.41, 5.74) is 4.76. The minimum atomic E-state index is -0.471. The largest absolute Gasteiger partial charge is 0.508 e. The zero-order valence-corrected chi connectivity index (χ0v) is 22.9. The van der Waals surface area contributed by atoms with E-state index in [9.17, 15) is 9.90 Å². The molecule has 0 fully saturated rings. The molecule has 6 rings (SSSR count). The number of nitrogens with one attached hydrogen (secondary N) is 1. The second-order valence-electron chi connectivity index (χ2n) is 10.0. The summed E-state index contributed by atoms with van der Waals surface area (Å²) in [6.45, 7) is 3.59. The summed E-state index contributed by atoms with van der Waals surface area (Å²) in [6.07, 6.45) is 4.10. The molecule has 10 nitrogen and oxygen atoms in total. The molecule has 1 aliphatic heterocycles. The number of rotatable bonds is 8. The molecule has 1 unspecified atom stereocenters. The Kier molecular flexibility index (Phi) is 7.20. The topological polar surface area (TPSA) is 115 Å². The van der Waals surface area contributed by atoms with Crippen LogP contribution in [0.25, 0.3) is 10.9 Å². The average molecular weight is 554 g/mol. The number of carbonyl (C=O) groups excluding carboxylic acids is 1. The van der Waals surface area contributed by atoms with Crippen molar-refractivity contribution in [2.75, 3.05) is 20.3 Å². The molecule has 41 heavy (non-hydrogen) atoms. The van der Waals surface area contributed by atoms with Gasteiger partial charge < -0.3 is 24.3 Å². The smallest absolute Gasteiger partial charge is 0.416 e. The average Bonchev–Trinajstić information content (AvgIpc) is 3.64. The van der Waals surface area contributed by atoms with Gasteiger partial charge in [-0.1, -0.05) is 23.8 Å². The number of phenolic OH excluding ortho intramolecular Hbond substituents is 1. The normalized spacial score (nSPS) is 14.6. The van der Waals surface area contributed by atoms with Crippen molar-refractivity contribution in [3.63, 3.8) is 0 Å². The van der Waals surface area contributed by atoms with E-state index in [-0.39, 0.29) is 5.75 Å². The summed E-state index contributed by atoms with van der Waals surface area (Å²) < 4.78 is 19.3. The third kappa shape index (κ3) is 5.41. The zero-order chi connectivity index (χ0) is 28.3. The van der Waals surface area contributed by atoms with E-state index in [0.717, 1.165) is 39.7 Å². The van der Waals surface area contributed by atoms with Gasteiger partial charge >= 0.3 is 6.09 Å². The number of fused-ring (bicyclic) bond motifs is 3. The van der Waals surface area contributed by atoms with E-state index in [2.05, 4.69) is 15.1 Å². The van der Waals surface area contributed by atoms with E-state index in [4.69, 9.17) is 14.2 Å². The van der Waals surface area contributed by atoms with Gasteiger partial charge in [0.05, 0.1) is 13.7 Å². The number of H-pyrrole nitrogens is 1. The lowest BCUT2D eigenvalue weighted by molar-refractivity contribution is 0.135. The van der Waals surface area contributed by atoms with E-state index < -0.39 is 12.1 Å². The lowest BCUT2D eigenvalue weighted by Crippen LogP contribution is -2.42. The number of hydrogen-bond donors (Lipinski definition) is 2. The van der Waals surface area contributed by atoms with Crippen LogP contribution in [0, 0.1) is 6.92 Å². The quantitative estimate of drug-likeness (QED) is 0.247. The van der Waals surface area contributed by atoms with Crippen LogP contribution < -0.4 is 14.2 Å². The summed E-state index contributed by atoms with van der Waals surface area (Å²) in [6, 6.07) is 17.9. The standard InChI is InChI=1S/C31H31N5O5/c1-20-4-8-23(9-5-20)41-31(38)36-14-12-24-25-17-22(37)7-10-26(25)34-29(24)30(36)21-6-11-27(28(16-21)39-2)40-15-3-13-35-19-32-18-33-35/h4-11,16-19,30,34,37H,3,12-15H2,1-2H3. The maximum atomic E-state index is 13.6. The molecule has 0 spiro atoms. The van der Waals surface area contributed by atoms with E-state index in [0.29, 0.717) is 43.4 Å². The van der Waals surface area contributed by atoms with Crippen molar-refractivity contribution >= 4 is 17.0 Å². The zero-order valence-electron chi connectivity index (χ0n) is 22.9.